The van der Waals surface area contributed by atoms with Crippen molar-refractivity contribution in [3.8, 4) is 16.9 Å². The Labute approximate surface area is 195 Å². The summed E-state index contributed by atoms with van der Waals surface area (Å²) in [7, 11) is 0. The Morgan fingerprint density at radius 3 is 2.52 bits per heavy atom. The van der Waals surface area contributed by atoms with Gasteiger partial charge in [-0.25, -0.2) is 9.59 Å². The SMILES string of the molecule is C=CC(=O)OC(C)(C)CC(C)Oc1ccc2cc(-c3ccc(CC)cc3CC)c(=O)oc2c1. The van der Waals surface area contributed by atoms with Gasteiger partial charge in [0.05, 0.1) is 11.7 Å². The third kappa shape index (κ3) is 5.92. The topological polar surface area (TPSA) is 65.7 Å². The lowest BCUT2D eigenvalue weighted by Gasteiger charge is -2.28. The minimum Gasteiger partial charge on any atom is -0.490 e. The summed E-state index contributed by atoms with van der Waals surface area (Å²) in [5.74, 6) is 0.115. The van der Waals surface area contributed by atoms with Gasteiger partial charge in [0, 0.05) is 23.9 Å². The Balaban J connectivity index is 1.85. The van der Waals surface area contributed by atoms with E-state index < -0.39 is 11.6 Å². The number of carbonyl (C=O) groups excluding carboxylic acids is 1. The molecule has 0 N–H and O–H groups in total. The second-order valence-corrected chi connectivity index (χ2v) is 8.86. The van der Waals surface area contributed by atoms with Crippen LogP contribution >= 0.6 is 0 Å². The highest BCUT2D eigenvalue weighted by Crippen LogP contribution is 2.29. The molecule has 5 heteroatoms. The number of carbonyl (C=O) groups is 1. The van der Waals surface area contributed by atoms with Crippen molar-refractivity contribution in [2.24, 2.45) is 0 Å². The minimum atomic E-state index is -0.701. The van der Waals surface area contributed by atoms with Crippen LogP contribution in [0.3, 0.4) is 0 Å². The van der Waals surface area contributed by atoms with Crippen LogP contribution in [0.1, 0.15) is 52.2 Å². The van der Waals surface area contributed by atoms with E-state index in [4.69, 9.17) is 13.9 Å². The lowest BCUT2D eigenvalue weighted by Crippen LogP contribution is -2.33. The van der Waals surface area contributed by atoms with E-state index >= 15 is 0 Å². The number of esters is 1. The summed E-state index contributed by atoms with van der Waals surface area (Å²) in [4.78, 5) is 24.4. The molecule has 0 aliphatic heterocycles. The van der Waals surface area contributed by atoms with Gasteiger partial charge in [-0.05, 0) is 68.5 Å². The molecule has 3 aromatic rings. The molecule has 0 bridgehead atoms. The van der Waals surface area contributed by atoms with Crippen molar-refractivity contribution >= 4 is 16.9 Å². The Bertz CT molecular complexity index is 1220. The average molecular weight is 449 g/mol. The summed E-state index contributed by atoms with van der Waals surface area (Å²) in [5.41, 5.74) is 3.25. The van der Waals surface area contributed by atoms with Gasteiger partial charge in [-0.15, -0.1) is 0 Å². The van der Waals surface area contributed by atoms with E-state index in [9.17, 15) is 9.59 Å². The van der Waals surface area contributed by atoms with Gasteiger partial charge < -0.3 is 13.9 Å². The van der Waals surface area contributed by atoms with Crippen LogP contribution < -0.4 is 10.4 Å². The number of rotatable bonds is 9. The minimum absolute atomic E-state index is 0.231. The zero-order valence-corrected chi connectivity index (χ0v) is 20.1. The molecule has 0 saturated carbocycles. The number of hydrogen-bond donors (Lipinski definition) is 0. The molecule has 0 fully saturated rings. The zero-order valence-electron chi connectivity index (χ0n) is 20.1. The van der Waals surface area contributed by atoms with Crippen LogP contribution in [0.5, 0.6) is 5.75 Å². The number of benzene rings is 2. The van der Waals surface area contributed by atoms with E-state index in [1.165, 1.54) is 5.56 Å². The fourth-order valence-corrected chi connectivity index (χ4v) is 4.10. The summed E-state index contributed by atoms with van der Waals surface area (Å²) < 4.78 is 17.1. The van der Waals surface area contributed by atoms with Gasteiger partial charge in [0.1, 0.15) is 16.9 Å². The normalized spacial score (nSPS) is 12.4. The predicted octanol–water partition coefficient (Wildman–Crippen LogP) is 6.25. The molecule has 2 aromatic carbocycles. The maximum Gasteiger partial charge on any atom is 0.344 e. The first kappa shape index (κ1) is 24.3. The van der Waals surface area contributed by atoms with Crippen LogP contribution in [0.4, 0.5) is 0 Å². The van der Waals surface area contributed by atoms with Gasteiger partial charge in [-0.2, -0.15) is 0 Å². The molecule has 0 saturated heterocycles. The van der Waals surface area contributed by atoms with Crippen LogP contribution in [-0.2, 0) is 22.4 Å². The van der Waals surface area contributed by atoms with Crippen molar-refractivity contribution < 1.29 is 18.7 Å². The van der Waals surface area contributed by atoms with Gasteiger partial charge >= 0.3 is 11.6 Å². The van der Waals surface area contributed by atoms with Gasteiger partial charge in [0.2, 0.25) is 0 Å². The molecule has 0 amide bonds. The molecule has 1 heterocycles. The Morgan fingerprint density at radius 1 is 1.09 bits per heavy atom. The first-order valence-electron chi connectivity index (χ1n) is 11.4. The Morgan fingerprint density at radius 2 is 1.85 bits per heavy atom. The molecule has 5 nitrogen and oxygen atoms in total. The molecular formula is C28H32O5. The molecule has 1 atom stereocenters. The molecule has 0 radical (unpaired) electrons. The summed E-state index contributed by atoms with van der Waals surface area (Å²) in [6, 6.07) is 13.6. The standard InChI is InChI=1S/C28H32O5/c1-7-19-10-13-23(20(8-2)14-19)24-15-21-11-12-22(16-25(21)32-27(24)30)31-18(4)17-28(5,6)33-26(29)9-3/h9-16,18H,3,7-8,17H2,1-2,4-6H3. The van der Waals surface area contributed by atoms with Crippen molar-refractivity contribution in [2.45, 2.75) is 65.6 Å². The average Bonchev–Trinajstić information content (AvgIpc) is 2.77. The van der Waals surface area contributed by atoms with E-state index in [2.05, 4.69) is 32.6 Å². The van der Waals surface area contributed by atoms with Crippen molar-refractivity contribution in [3.63, 3.8) is 0 Å². The van der Waals surface area contributed by atoms with Gasteiger partial charge in [0.25, 0.3) is 0 Å². The van der Waals surface area contributed by atoms with Crippen LogP contribution in [0.2, 0.25) is 0 Å². The van der Waals surface area contributed by atoms with Crippen LogP contribution in [-0.4, -0.2) is 17.7 Å². The molecule has 33 heavy (non-hydrogen) atoms. The maximum atomic E-state index is 12.8. The van der Waals surface area contributed by atoms with E-state index in [-0.39, 0.29) is 11.7 Å². The third-order valence-electron chi connectivity index (χ3n) is 5.62. The second kappa shape index (κ2) is 10.1. The van der Waals surface area contributed by atoms with Crippen LogP contribution in [0.15, 0.2) is 64.3 Å². The molecule has 1 unspecified atom stereocenters. The number of ether oxygens (including phenoxy) is 2. The van der Waals surface area contributed by atoms with Gasteiger partial charge in [0.15, 0.2) is 0 Å². The molecule has 0 aliphatic carbocycles. The van der Waals surface area contributed by atoms with Crippen LogP contribution in [0.25, 0.3) is 22.1 Å². The second-order valence-electron chi connectivity index (χ2n) is 8.86. The monoisotopic (exact) mass is 448 g/mol. The van der Waals surface area contributed by atoms with Crippen molar-refractivity contribution in [1.29, 1.82) is 0 Å². The molecule has 3 rings (SSSR count). The third-order valence-corrected chi connectivity index (χ3v) is 5.62. The van der Waals surface area contributed by atoms with Crippen LogP contribution in [0, 0.1) is 0 Å². The van der Waals surface area contributed by atoms with E-state index in [0.717, 1.165) is 35.4 Å². The summed E-state index contributed by atoms with van der Waals surface area (Å²) >= 11 is 0. The highest BCUT2D eigenvalue weighted by atomic mass is 16.6. The lowest BCUT2D eigenvalue weighted by atomic mass is 9.95. The quantitative estimate of drug-likeness (QED) is 0.220. The number of hydrogen-bond acceptors (Lipinski definition) is 5. The largest absolute Gasteiger partial charge is 0.490 e. The Kier molecular flexibility index (Phi) is 7.42. The molecule has 174 valence electrons. The number of aryl methyl sites for hydroxylation is 2. The fraction of sp³-hybridized carbons (Fsp3) is 0.357. The van der Waals surface area contributed by atoms with E-state index in [1.807, 2.05) is 45.0 Å². The fourth-order valence-electron chi connectivity index (χ4n) is 4.10. The van der Waals surface area contributed by atoms with E-state index in [1.54, 1.807) is 6.07 Å². The first-order chi connectivity index (χ1) is 15.7. The summed E-state index contributed by atoms with van der Waals surface area (Å²) in [6.45, 7) is 13.2. The summed E-state index contributed by atoms with van der Waals surface area (Å²) in [5, 5.41) is 0.825. The molecular weight excluding hydrogens is 416 g/mol. The highest BCUT2D eigenvalue weighted by Gasteiger charge is 2.25. The van der Waals surface area contributed by atoms with Gasteiger partial charge in [-0.1, -0.05) is 38.6 Å². The maximum absolute atomic E-state index is 12.8. The van der Waals surface area contributed by atoms with Crippen molar-refractivity contribution in [2.75, 3.05) is 0 Å². The van der Waals surface area contributed by atoms with Crippen molar-refractivity contribution in [3.05, 3.63) is 76.7 Å². The van der Waals surface area contributed by atoms with E-state index in [0.29, 0.717) is 23.3 Å². The highest BCUT2D eigenvalue weighted by molar-refractivity contribution is 5.83. The first-order valence-corrected chi connectivity index (χ1v) is 11.4. The number of fused-ring (bicyclic) bond motifs is 1. The smallest absolute Gasteiger partial charge is 0.344 e. The lowest BCUT2D eigenvalue weighted by molar-refractivity contribution is -0.152. The molecule has 0 spiro atoms. The Hall–Kier alpha value is -3.34. The molecule has 0 aliphatic rings. The van der Waals surface area contributed by atoms with Crippen molar-refractivity contribution in [1.82, 2.24) is 0 Å². The van der Waals surface area contributed by atoms with Gasteiger partial charge in [-0.3, -0.25) is 0 Å². The predicted molar refractivity (Wildman–Crippen MR) is 132 cm³/mol. The molecule has 1 aromatic heterocycles. The zero-order chi connectivity index (χ0) is 24.2. The summed E-state index contributed by atoms with van der Waals surface area (Å²) in [6.07, 6.45) is 3.19.